The van der Waals surface area contributed by atoms with Gasteiger partial charge in [0.05, 0.1) is 18.0 Å². The molecule has 0 bridgehead atoms. The van der Waals surface area contributed by atoms with E-state index in [1.807, 2.05) is 24.3 Å². The van der Waals surface area contributed by atoms with Gasteiger partial charge in [0.25, 0.3) is 0 Å². The summed E-state index contributed by atoms with van der Waals surface area (Å²) in [7, 11) is 0. The van der Waals surface area contributed by atoms with Gasteiger partial charge in [-0.2, -0.15) is 0 Å². The molecule has 2 aromatic rings. The van der Waals surface area contributed by atoms with E-state index in [1.165, 1.54) is 6.07 Å². The molecule has 0 saturated heterocycles. The predicted octanol–water partition coefficient (Wildman–Crippen LogP) is 3.51. The fourth-order valence-electron chi connectivity index (χ4n) is 3.65. The van der Waals surface area contributed by atoms with Crippen LogP contribution in [0, 0.1) is 11.6 Å². The number of carbonyl (C=O) groups excluding carboxylic acids is 1. The van der Waals surface area contributed by atoms with Crippen molar-refractivity contribution in [2.75, 3.05) is 0 Å². The number of benzene rings is 2. The largest absolute Gasteiger partial charge is 0.465 e. The first-order valence-corrected chi connectivity index (χ1v) is 8.73. The van der Waals surface area contributed by atoms with E-state index in [0.29, 0.717) is 12.8 Å². The second-order valence-electron chi connectivity index (χ2n) is 6.57. The number of nitrogens with one attached hydrogen (secondary N) is 2. The Morgan fingerprint density at radius 1 is 1.19 bits per heavy atom. The Hall–Kier alpha value is -2.96. The first kappa shape index (κ1) is 18.8. The van der Waals surface area contributed by atoms with Gasteiger partial charge in [0.15, 0.2) is 0 Å². The molecule has 1 unspecified atom stereocenters. The van der Waals surface area contributed by atoms with Crippen molar-refractivity contribution in [1.82, 2.24) is 10.6 Å². The molecule has 5 nitrogen and oxygen atoms in total. The van der Waals surface area contributed by atoms with E-state index >= 15 is 0 Å². The molecule has 7 heteroatoms. The summed E-state index contributed by atoms with van der Waals surface area (Å²) < 4.78 is 27.3. The molecule has 2 aromatic carbocycles. The van der Waals surface area contributed by atoms with E-state index in [2.05, 4.69) is 10.6 Å². The van der Waals surface area contributed by atoms with Crippen LogP contribution in [-0.4, -0.2) is 23.1 Å². The lowest BCUT2D eigenvalue weighted by Gasteiger charge is -2.24. The van der Waals surface area contributed by atoms with Gasteiger partial charge in [-0.3, -0.25) is 4.79 Å². The Morgan fingerprint density at radius 3 is 2.59 bits per heavy atom. The Morgan fingerprint density at radius 2 is 1.93 bits per heavy atom. The van der Waals surface area contributed by atoms with Crippen molar-refractivity contribution < 1.29 is 23.5 Å². The summed E-state index contributed by atoms with van der Waals surface area (Å²) in [5, 5.41) is 14.4. The second kappa shape index (κ2) is 7.73. The molecule has 0 aliphatic heterocycles. The van der Waals surface area contributed by atoms with Crippen molar-refractivity contribution in [3.05, 3.63) is 70.8 Å². The van der Waals surface area contributed by atoms with Crippen LogP contribution in [0.2, 0.25) is 0 Å². The summed E-state index contributed by atoms with van der Waals surface area (Å²) in [4.78, 5) is 24.0. The average Bonchev–Trinajstić information content (AvgIpc) is 2.94. The highest BCUT2D eigenvalue weighted by atomic mass is 19.1. The molecular weight excluding hydrogens is 354 g/mol. The molecule has 3 N–H and O–H groups in total. The summed E-state index contributed by atoms with van der Waals surface area (Å²) in [6.07, 6.45) is -0.395. The lowest BCUT2D eigenvalue weighted by Crippen LogP contribution is -2.45. The summed E-state index contributed by atoms with van der Waals surface area (Å²) >= 11 is 0. The highest BCUT2D eigenvalue weighted by Crippen LogP contribution is 2.32. The number of fused-ring (bicyclic) bond motifs is 1. The van der Waals surface area contributed by atoms with Gasteiger partial charge in [-0.25, -0.2) is 13.6 Å². The SMILES string of the molecule is CCC(C(=O)N[C@H]1Cc2ccccc2[C@@H]1NC(=O)O)c1ccc(F)cc1F. The smallest absolute Gasteiger partial charge is 0.405 e. The van der Waals surface area contributed by atoms with Gasteiger partial charge in [-0.15, -0.1) is 0 Å². The van der Waals surface area contributed by atoms with Gasteiger partial charge in [-0.05, 0) is 30.0 Å². The maximum Gasteiger partial charge on any atom is 0.405 e. The number of rotatable bonds is 5. The summed E-state index contributed by atoms with van der Waals surface area (Å²) in [5.74, 6) is -2.69. The molecule has 0 aromatic heterocycles. The molecule has 0 spiro atoms. The maximum atomic E-state index is 14.1. The van der Waals surface area contributed by atoms with Crippen LogP contribution >= 0.6 is 0 Å². The van der Waals surface area contributed by atoms with Crippen molar-refractivity contribution in [3.63, 3.8) is 0 Å². The molecule has 2 amide bonds. The van der Waals surface area contributed by atoms with Crippen LogP contribution in [-0.2, 0) is 11.2 Å². The Bertz CT molecular complexity index is 872. The minimum atomic E-state index is -1.19. The molecule has 27 heavy (non-hydrogen) atoms. The highest BCUT2D eigenvalue weighted by Gasteiger charge is 2.36. The molecule has 0 radical (unpaired) electrons. The zero-order valence-corrected chi connectivity index (χ0v) is 14.7. The minimum Gasteiger partial charge on any atom is -0.465 e. The maximum absolute atomic E-state index is 14.1. The van der Waals surface area contributed by atoms with Gasteiger partial charge in [0.1, 0.15) is 11.6 Å². The van der Waals surface area contributed by atoms with Gasteiger partial charge in [-0.1, -0.05) is 37.3 Å². The van der Waals surface area contributed by atoms with E-state index < -0.39 is 41.6 Å². The van der Waals surface area contributed by atoms with Crippen molar-refractivity contribution in [2.45, 2.75) is 37.8 Å². The number of carboxylic acid groups (broad SMARTS) is 1. The Balaban J connectivity index is 1.82. The standard InChI is InChI=1S/C20H20F2N2O3/c1-2-13(15-8-7-12(21)10-16(15)22)19(25)23-17-9-11-5-3-4-6-14(11)18(17)24-20(26)27/h3-8,10,13,17-18,24H,2,9H2,1H3,(H,23,25)(H,26,27)/t13?,17-,18-/m0/s1. The topological polar surface area (TPSA) is 78.4 Å². The monoisotopic (exact) mass is 374 g/mol. The average molecular weight is 374 g/mol. The van der Waals surface area contributed by atoms with Crippen molar-refractivity contribution in [1.29, 1.82) is 0 Å². The fourth-order valence-corrected chi connectivity index (χ4v) is 3.65. The highest BCUT2D eigenvalue weighted by molar-refractivity contribution is 5.84. The van der Waals surface area contributed by atoms with E-state index in [1.54, 1.807) is 6.92 Å². The fraction of sp³-hybridized carbons (Fsp3) is 0.300. The first-order valence-electron chi connectivity index (χ1n) is 8.73. The van der Waals surface area contributed by atoms with Crippen LogP contribution in [0.1, 0.15) is 42.0 Å². The lowest BCUT2D eigenvalue weighted by molar-refractivity contribution is -0.123. The zero-order valence-electron chi connectivity index (χ0n) is 14.7. The minimum absolute atomic E-state index is 0.120. The molecule has 3 rings (SSSR count). The number of halogens is 2. The predicted molar refractivity (Wildman–Crippen MR) is 95.4 cm³/mol. The van der Waals surface area contributed by atoms with Gasteiger partial charge >= 0.3 is 6.09 Å². The molecule has 0 fully saturated rings. The van der Waals surface area contributed by atoms with E-state index in [-0.39, 0.29) is 5.56 Å². The first-order chi connectivity index (χ1) is 12.9. The van der Waals surface area contributed by atoms with Crippen LogP contribution in [0.3, 0.4) is 0 Å². The Kier molecular flexibility index (Phi) is 5.39. The normalized spacial score (nSPS) is 19.2. The molecule has 0 saturated carbocycles. The quantitative estimate of drug-likeness (QED) is 0.749. The summed E-state index contributed by atoms with van der Waals surface area (Å²) in [6, 6.07) is 9.44. The summed E-state index contributed by atoms with van der Waals surface area (Å²) in [6.45, 7) is 1.74. The van der Waals surface area contributed by atoms with E-state index in [0.717, 1.165) is 23.3 Å². The molecule has 142 valence electrons. The van der Waals surface area contributed by atoms with Gasteiger partial charge in [0.2, 0.25) is 5.91 Å². The van der Waals surface area contributed by atoms with Crippen LogP contribution < -0.4 is 10.6 Å². The molecule has 1 aliphatic carbocycles. The molecule has 0 heterocycles. The van der Waals surface area contributed by atoms with Crippen molar-refractivity contribution >= 4 is 12.0 Å². The Labute approximate surface area is 155 Å². The molecule has 3 atom stereocenters. The van der Waals surface area contributed by atoms with Crippen LogP contribution in [0.25, 0.3) is 0 Å². The zero-order chi connectivity index (χ0) is 19.6. The third-order valence-electron chi connectivity index (χ3n) is 4.90. The molecular formula is C20H20F2N2O3. The van der Waals surface area contributed by atoms with E-state index in [4.69, 9.17) is 5.11 Å². The number of hydrogen-bond acceptors (Lipinski definition) is 2. The number of carbonyl (C=O) groups is 2. The second-order valence-corrected chi connectivity index (χ2v) is 6.57. The van der Waals surface area contributed by atoms with Crippen LogP contribution in [0.4, 0.5) is 13.6 Å². The third kappa shape index (κ3) is 3.92. The van der Waals surface area contributed by atoms with Gasteiger partial charge in [0, 0.05) is 11.6 Å². The van der Waals surface area contributed by atoms with Gasteiger partial charge < -0.3 is 15.7 Å². The lowest BCUT2D eigenvalue weighted by atomic mass is 9.94. The number of hydrogen-bond donors (Lipinski definition) is 3. The third-order valence-corrected chi connectivity index (χ3v) is 4.90. The number of amides is 2. The van der Waals surface area contributed by atoms with E-state index in [9.17, 15) is 18.4 Å². The van der Waals surface area contributed by atoms with Crippen LogP contribution in [0.15, 0.2) is 42.5 Å². The molecule has 1 aliphatic rings. The van der Waals surface area contributed by atoms with Crippen molar-refractivity contribution in [3.8, 4) is 0 Å². The van der Waals surface area contributed by atoms with Crippen molar-refractivity contribution in [2.24, 2.45) is 0 Å². The van der Waals surface area contributed by atoms with Crippen LogP contribution in [0.5, 0.6) is 0 Å². The summed E-state index contributed by atoms with van der Waals surface area (Å²) in [5.41, 5.74) is 1.88.